The molecule has 1 aliphatic carbocycles. The summed E-state index contributed by atoms with van der Waals surface area (Å²) in [5, 5.41) is 0. The number of fused-ring (bicyclic) bond motifs is 1. The van der Waals surface area contributed by atoms with Crippen LogP contribution in [0.4, 0.5) is 10.1 Å². The normalized spacial score (nSPS) is 16.1. The predicted octanol–water partition coefficient (Wildman–Crippen LogP) is 4.75. The summed E-state index contributed by atoms with van der Waals surface area (Å²) >= 11 is 0. The number of piperazine rings is 1. The number of nitrogens with zero attached hydrogens (tertiary/aromatic N) is 2. The SMILES string of the molecule is Cl.Cl.Fc1cccc(N2CCN(CCCOc3ccc4c(c3)CCC4)CC2)c1. The van der Waals surface area contributed by atoms with Gasteiger partial charge in [0, 0.05) is 38.4 Å². The Balaban J connectivity index is 0.00000140. The van der Waals surface area contributed by atoms with E-state index in [4.69, 9.17) is 4.74 Å². The molecule has 1 heterocycles. The molecule has 0 unspecified atom stereocenters. The van der Waals surface area contributed by atoms with E-state index in [9.17, 15) is 4.39 Å². The molecule has 2 aromatic rings. The lowest BCUT2D eigenvalue weighted by Gasteiger charge is -2.36. The largest absolute Gasteiger partial charge is 0.494 e. The van der Waals surface area contributed by atoms with Gasteiger partial charge in [-0.3, -0.25) is 4.90 Å². The molecule has 0 saturated carbocycles. The van der Waals surface area contributed by atoms with Gasteiger partial charge in [-0.15, -0.1) is 24.8 Å². The third-order valence-corrected chi connectivity index (χ3v) is 5.50. The molecule has 3 nitrogen and oxygen atoms in total. The maximum Gasteiger partial charge on any atom is 0.125 e. The van der Waals surface area contributed by atoms with Gasteiger partial charge in [-0.2, -0.15) is 0 Å². The second-order valence-electron chi connectivity index (χ2n) is 7.29. The fraction of sp³-hybridized carbons (Fsp3) is 0.455. The topological polar surface area (TPSA) is 15.7 Å². The van der Waals surface area contributed by atoms with Gasteiger partial charge in [0.15, 0.2) is 0 Å². The van der Waals surface area contributed by atoms with E-state index in [1.807, 2.05) is 6.07 Å². The van der Waals surface area contributed by atoms with Crippen molar-refractivity contribution >= 4 is 30.5 Å². The van der Waals surface area contributed by atoms with Crippen molar-refractivity contribution in [2.24, 2.45) is 0 Å². The highest BCUT2D eigenvalue weighted by Gasteiger charge is 2.17. The molecule has 0 radical (unpaired) electrons. The van der Waals surface area contributed by atoms with Gasteiger partial charge in [-0.25, -0.2) is 4.39 Å². The van der Waals surface area contributed by atoms with Crippen molar-refractivity contribution in [2.45, 2.75) is 25.7 Å². The first-order valence-corrected chi connectivity index (χ1v) is 9.75. The number of benzene rings is 2. The molecule has 28 heavy (non-hydrogen) atoms. The molecule has 0 N–H and O–H groups in total. The summed E-state index contributed by atoms with van der Waals surface area (Å²) in [7, 11) is 0. The Bertz CT molecular complexity index is 751. The summed E-state index contributed by atoms with van der Waals surface area (Å²) in [6.07, 6.45) is 4.73. The maximum absolute atomic E-state index is 13.4. The Labute approximate surface area is 179 Å². The average Bonchev–Trinajstić information content (AvgIpc) is 3.14. The number of halogens is 3. The molecule has 1 saturated heterocycles. The summed E-state index contributed by atoms with van der Waals surface area (Å²) in [5.41, 5.74) is 3.95. The summed E-state index contributed by atoms with van der Waals surface area (Å²) < 4.78 is 19.3. The second kappa shape index (κ2) is 10.9. The van der Waals surface area contributed by atoms with Crippen LogP contribution in [-0.4, -0.2) is 44.2 Å². The molecule has 2 aromatic carbocycles. The van der Waals surface area contributed by atoms with E-state index in [0.29, 0.717) is 0 Å². The highest BCUT2D eigenvalue weighted by Crippen LogP contribution is 2.26. The van der Waals surface area contributed by atoms with Gasteiger partial charge in [0.25, 0.3) is 0 Å². The maximum atomic E-state index is 13.4. The zero-order chi connectivity index (χ0) is 17.8. The van der Waals surface area contributed by atoms with Crippen molar-refractivity contribution in [1.82, 2.24) is 4.90 Å². The van der Waals surface area contributed by atoms with Crippen molar-refractivity contribution in [2.75, 3.05) is 44.2 Å². The van der Waals surface area contributed by atoms with Crippen molar-refractivity contribution < 1.29 is 9.13 Å². The summed E-state index contributed by atoms with van der Waals surface area (Å²) in [4.78, 5) is 4.74. The Morgan fingerprint density at radius 3 is 2.46 bits per heavy atom. The first-order chi connectivity index (χ1) is 12.8. The van der Waals surface area contributed by atoms with E-state index in [-0.39, 0.29) is 30.6 Å². The van der Waals surface area contributed by atoms with Crippen LogP contribution >= 0.6 is 24.8 Å². The minimum atomic E-state index is -0.159. The third kappa shape index (κ3) is 5.76. The Morgan fingerprint density at radius 2 is 1.68 bits per heavy atom. The predicted molar refractivity (Wildman–Crippen MR) is 118 cm³/mol. The molecule has 1 fully saturated rings. The van der Waals surface area contributed by atoms with E-state index in [1.54, 1.807) is 12.1 Å². The van der Waals surface area contributed by atoms with Crippen LogP contribution in [0.1, 0.15) is 24.0 Å². The van der Waals surface area contributed by atoms with Crippen molar-refractivity contribution in [3.8, 4) is 5.75 Å². The molecule has 2 aliphatic rings. The van der Waals surface area contributed by atoms with Crippen LogP contribution in [0.2, 0.25) is 0 Å². The van der Waals surface area contributed by atoms with Crippen LogP contribution in [-0.2, 0) is 12.8 Å². The monoisotopic (exact) mass is 426 g/mol. The van der Waals surface area contributed by atoms with Crippen LogP contribution in [0.5, 0.6) is 5.75 Å². The number of hydrogen-bond acceptors (Lipinski definition) is 3. The van der Waals surface area contributed by atoms with Crippen molar-refractivity contribution in [3.63, 3.8) is 0 Å². The molecule has 0 atom stereocenters. The van der Waals surface area contributed by atoms with Crippen LogP contribution in [0.25, 0.3) is 0 Å². The molecular formula is C22H29Cl2FN2O. The first-order valence-electron chi connectivity index (χ1n) is 9.75. The van der Waals surface area contributed by atoms with Crippen molar-refractivity contribution in [1.29, 1.82) is 0 Å². The number of aryl methyl sites for hydroxylation is 2. The molecule has 154 valence electrons. The minimum Gasteiger partial charge on any atom is -0.494 e. The van der Waals surface area contributed by atoms with Crippen LogP contribution < -0.4 is 9.64 Å². The van der Waals surface area contributed by atoms with Gasteiger partial charge in [-0.05, 0) is 67.1 Å². The summed E-state index contributed by atoms with van der Waals surface area (Å²) in [6, 6.07) is 13.5. The van der Waals surface area contributed by atoms with E-state index in [1.165, 1.54) is 36.5 Å². The molecule has 0 spiro atoms. The van der Waals surface area contributed by atoms with E-state index in [0.717, 1.165) is 57.2 Å². The van der Waals surface area contributed by atoms with Crippen LogP contribution in [0, 0.1) is 5.82 Å². The van der Waals surface area contributed by atoms with E-state index in [2.05, 4.69) is 28.0 Å². The fourth-order valence-electron chi connectivity index (χ4n) is 4.02. The number of anilines is 1. The van der Waals surface area contributed by atoms with Gasteiger partial charge in [0.1, 0.15) is 11.6 Å². The standard InChI is InChI=1S/C22H27FN2O.2ClH/c23-20-6-2-7-21(17-20)25-13-11-24(12-14-25)10-3-15-26-22-9-8-18-4-1-5-19(18)16-22;;/h2,6-9,16-17H,1,3-5,10-15H2;2*1H. The fourth-order valence-corrected chi connectivity index (χ4v) is 4.02. The summed E-state index contributed by atoms with van der Waals surface area (Å²) in [5.74, 6) is 0.857. The van der Waals surface area contributed by atoms with Gasteiger partial charge >= 0.3 is 0 Å². The van der Waals surface area contributed by atoms with E-state index < -0.39 is 0 Å². The number of rotatable bonds is 6. The smallest absolute Gasteiger partial charge is 0.125 e. The van der Waals surface area contributed by atoms with Crippen LogP contribution in [0.3, 0.4) is 0 Å². The molecular weight excluding hydrogens is 398 g/mol. The van der Waals surface area contributed by atoms with Gasteiger partial charge in [0.05, 0.1) is 6.61 Å². The molecule has 0 amide bonds. The zero-order valence-electron chi connectivity index (χ0n) is 16.1. The van der Waals surface area contributed by atoms with Gasteiger partial charge in [0.2, 0.25) is 0 Å². The molecule has 4 rings (SSSR count). The summed E-state index contributed by atoms with van der Waals surface area (Å²) in [6.45, 7) is 5.78. The van der Waals surface area contributed by atoms with Gasteiger partial charge in [-0.1, -0.05) is 12.1 Å². The average molecular weight is 427 g/mol. The Morgan fingerprint density at radius 1 is 0.893 bits per heavy atom. The Hall–Kier alpha value is -1.49. The Kier molecular flexibility index (Phi) is 8.87. The van der Waals surface area contributed by atoms with Crippen molar-refractivity contribution in [3.05, 3.63) is 59.4 Å². The van der Waals surface area contributed by atoms with E-state index >= 15 is 0 Å². The zero-order valence-corrected chi connectivity index (χ0v) is 17.7. The molecule has 0 aromatic heterocycles. The third-order valence-electron chi connectivity index (χ3n) is 5.50. The first kappa shape index (κ1) is 22.8. The molecule has 1 aliphatic heterocycles. The second-order valence-corrected chi connectivity index (χ2v) is 7.29. The number of hydrogen-bond donors (Lipinski definition) is 0. The lowest BCUT2D eigenvalue weighted by molar-refractivity contribution is 0.224. The minimum absolute atomic E-state index is 0. The lowest BCUT2D eigenvalue weighted by atomic mass is 10.1. The van der Waals surface area contributed by atoms with Gasteiger partial charge < -0.3 is 9.64 Å². The highest BCUT2D eigenvalue weighted by atomic mass is 35.5. The molecule has 6 heteroatoms. The number of ether oxygens (including phenoxy) is 1. The quantitative estimate of drug-likeness (QED) is 0.619. The van der Waals surface area contributed by atoms with Crippen LogP contribution in [0.15, 0.2) is 42.5 Å². The lowest BCUT2D eigenvalue weighted by Crippen LogP contribution is -2.46. The highest BCUT2D eigenvalue weighted by molar-refractivity contribution is 5.85. The molecule has 0 bridgehead atoms.